The first-order chi connectivity index (χ1) is 15.6. The maximum absolute atomic E-state index is 12.8. The van der Waals surface area contributed by atoms with Gasteiger partial charge in [0.05, 0.1) is 0 Å². The number of carbonyl (C=O) groups is 1. The summed E-state index contributed by atoms with van der Waals surface area (Å²) in [6.07, 6.45) is 12.3. The Labute approximate surface area is 190 Å². The molecule has 4 fully saturated rings. The van der Waals surface area contributed by atoms with Gasteiger partial charge < -0.3 is 9.88 Å². The standard InChI is InChI=1S/C28H31N3O/c1-19-29-10-11-31(19)18-20-2-4-24(5-3-20)27(32)30-26-8-6-25(7-9-26)28-15-21-12-22(16-28)14-23(13-21)17-28/h2-11,21-23H,12-18H2,1H3,(H,30,32). The number of nitrogens with one attached hydrogen (secondary N) is 1. The molecule has 4 bridgehead atoms. The van der Waals surface area contributed by atoms with E-state index in [1.54, 1.807) is 0 Å². The van der Waals surface area contributed by atoms with Crippen LogP contribution in [0.25, 0.3) is 0 Å². The lowest BCUT2D eigenvalue weighted by Crippen LogP contribution is -2.48. The van der Waals surface area contributed by atoms with E-state index >= 15 is 0 Å². The van der Waals surface area contributed by atoms with Gasteiger partial charge in [-0.15, -0.1) is 0 Å². The van der Waals surface area contributed by atoms with Crippen molar-refractivity contribution in [2.45, 2.75) is 57.4 Å². The molecule has 0 spiro atoms. The highest BCUT2D eigenvalue weighted by Crippen LogP contribution is 2.60. The van der Waals surface area contributed by atoms with Crippen molar-refractivity contribution in [1.29, 1.82) is 0 Å². The van der Waals surface area contributed by atoms with Crippen molar-refractivity contribution in [3.63, 3.8) is 0 Å². The predicted molar refractivity (Wildman–Crippen MR) is 127 cm³/mol. The van der Waals surface area contributed by atoms with Crippen LogP contribution in [0.3, 0.4) is 0 Å². The van der Waals surface area contributed by atoms with E-state index in [9.17, 15) is 4.79 Å². The van der Waals surface area contributed by atoms with Crippen molar-refractivity contribution in [3.8, 4) is 0 Å². The Hall–Kier alpha value is -2.88. The smallest absolute Gasteiger partial charge is 0.255 e. The third-order valence-corrected chi connectivity index (χ3v) is 8.29. The number of aryl methyl sites for hydroxylation is 1. The summed E-state index contributed by atoms with van der Waals surface area (Å²) in [4.78, 5) is 17.0. The van der Waals surface area contributed by atoms with Gasteiger partial charge in [0.25, 0.3) is 5.91 Å². The number of aromatic nitrogens is 2. The Kier molecular flexibility index (Phi) is 4.71. The molecule has 0 saturated heterocycles. The molecular formula is C28H31N3O. The first-order valence-corrected chi connectivity index (χ1v) is 12.0. The summed E-state index contributed by atoms with van der Waals surface area (Å²) >= 11 is 0. The molecule has 4 nitrogen and oxygen atoms in total. The molecule has 0 aliphatic heterocycles. The zero-order chi connectivity index (χ0) is 21.7. The van der Waals surface area contributed by atoms with Gasteiger partial charge >= 0.3 is 0 Å². The Morgan fingerprint density at radius 1 is 0.969 bits per heavy atom. The Morgan fingerprint density at radius 3 is 2.16 bits per heavy atom. The SMILES string of the molecule is Cc1nccn1Cc1ccc(C(=O)Nc2ccc(C34CC5CC(CC(C5)C3)C4)cc2)cc1. The van der Waals surface area contributed by atoms with Crippen LogP contribution in [0.1, 0.15) is 65.8 Å². The van der Waals surface area contributed by atoms with Crippen LogP contribution in [0.2, 0.25) is 0 Å². The van der Waals surface area contributed by atoms with Gasteiger partial charge in [-0.3, -0.25) is 4.79 Å². The van der Waals surface area contributed by atoms with Crippen LogP contribution in [0.4, 0.5) is 5.69 Å². The number of hydrogen-bond donors (Lipinski definition) is 1. The van der Waals surface area contributed by atoms with Crippen molar-refractivity contribution < 1.29 is 4.79 Å². The lowest BCUT2D eigenvalue weighted by Gasteiger charge is -2.57. The molecule has 4 heteroatoms. The van der Waals surface area contributed by atoms with Crippen molar-refractivity contribution in [2.75, 3.05) is 5.32 Å². The number of nitrogens with zero attached hydrogens (tertiary/aromatic N) is 2. The maximum Gasteiger partial charge on any atom is 0.255 e. The summed E-state index contributed by atoms with van der Waals surface area (Å²) in [5.41, 5.74) is 4.61. The van der Waals surface area contributed by atoms with Gasteiger partial charge in [0.1, 0.15) is 5.82 Å². The van der Waals surface area contributed by atoms with Gasteiger partial charge in [0, 0.05) is 30.2 Å². The Balaban J connectivity index is 1.12. The minimum Gasteiger partial charge on any atom is -0.331 e. The fourth-order valence-corrected chi connectivity index (χ4v) is 7.10. The number of anilines is 1. The topological polar surface area (TPSA) is 46.9 Å². The van der Waals surface area contributed by atoms with Gasteiger partial charge in [0.2, 0.25) is 0 Å². The van der Waals surface area contributed by atoms with Gasteiger partial charge in [-0.2, -0.15) is 0 Å². The molecule has 0 unspecified atom stereocenters. The van der Waals surface area contributed by atoms with Crippen molar-refractivity contribution in [1.82, 2.24) is 9.55 Å². The van der Waals surface area contributed by atoms with Crippen LogP contribution >= 0.6 is 0 Å². The van der Waals surface area contributed by atoms with Crippen LogP contribution in [-0.2, 0) is 12.0 Å². The molecular weight excluding hydrogens is 394 g/mol. The van der Waals surface area contributed by atoms with E-state index in [1.165, 1.54) is 44.1 Å². The van der Waals surface area contributed by atoms with Crippen LogP contribution in [0, 0.1) is 24.7 Å². The average molecular weight is 426 g/mol. The number of amides is 1. The van der Waals surface area contributed by atoms with E-state index in [0.29, 0.717) is 11.0 Å². The van der Waals surface area contributed by atoms with E-state index in [1.807, 2.05) is 43.6 Å². The number of benzene rings is 2. The van der Waals surface area contributed by atoms with Crippen LogP contribution in [-0.4, -0.2) is 15.5 Å². The minimum absolute atomic E-state index is 0.0575. The summed E-state index contributed by atoms with van der Waals surface area (Å²) < 4.78 is 2.10. The molecule has 32 heavy (non-hydrogen) atoms. The highest BCUT2D eigenvalue weighted by Gasteiger charge is 2.51. The first-order valence-electron chi connectivity index (χ1n) is 12.0. The van der Waals surface area contributed by atoms with Crippen LogP contribution in [0.5, 0.6) is 0 Å². The van der Waals surface area contributed by atoms with Crippen LogP contribution in [0.15, 0.2) is 60.9 Å². The normalized spacial score (nSPS) is 28.1. The molecule has 4 aliphatic carbocycles. The summed E-state index contributed by atoms with van der Waals surface area (Å²) in [7, 11) is 0. The zero-order valence-corrected chi connectivity index (χ0v) is 18.8. The number of carbonyl (C=O) groups excluding carboxylic acids is 1. The van der Waals surface area contributed by atoms with Crippen LogP contribution < -0.4 is 5.32 Å². The van der Waals surface area contributed by atoms with Crippen molar-refractivity contribution in [2.24, 2.45) is 17.8 Å². The summed E-state index contributed by atoms with van der Waals surface area (Å²) in [5, 5.41) is 3.08. The van der Waals surface area contributed by atoms with E-state index in [4.69, 9.17) is 0 Å². The third-order valence-electron chi connectivity index (χ3n) is 8.29. The zero-order valence-electron chi connectivity index (χ0n) is 18.8. The van der Waals surface area contributed by atoms with Gasteiger partial charge in [-0.05, 0) is 104 Å². The molecule has 164 valence electrons. The summed E-state index contributed by atoms with van der Waals surface area (Å²) in [6.45, 7) is 2.76. The molecule has 0 atom stereocenters. The molecule has 1 aromatic heterocycles. The lowest BCUT2D eigenvalue weighted by atomic mass is 9.48. The molecule has 1 N–H and O–H groups in total. The lowest BCUT2D eigenvalue weighted by molar-refractivity contribution is -0.00518. The van der Waals surface area contributed by atoms with Gasteiger partial charge in [-0.1, -0.05) is 24.3 Å². The molecule has 2 aromatic carbocycles. The highest BCUT2D eigenvalue weighted by molar-refractivity contribution is 6.04. The Bertz CT molecular complexity index is 1090. The quantitative estimate of drug-likeness (QED) is 0.548. The minimum atomic E-state index is -0.0575. The Morgan fingerprint density at radius 2 is 1.59 bits per heavy atom. The van der Waals surface area contributed by atoms with E-state index in [-0.39, 0.29) is 5.91 Å². The number of hydrogen-bond acceptors (Lipinski definition) is 2. The molecule has 1 heterocycles. The first kappa shape index (κ1) is 19.8. The number of rotatable bonds is 5. The van der Waals surface area contributed by atoms with Gasteiger partial charge in [-0.25, -0.2) is 4.98 Å². The van der Waals surface area contributed by atoms with Crippen molar-refractivity contribution in [3.05, 3.63) is 83.4 Å². The molecule has 7 rings (SSSR count). The fourth-order valence-electron chi connectivity index (χ4n) is 7.10. The summed E-state index contributed by atoms with van der Waals surface area (Å²) in [6, 6.07) is 16.6. The largest absolute Gasteiger partial charge is 0.331 e. The highest BCUT2D eigenvalue weighted by atomic mass is 16.1. The average Bonchev–Trinajstić information content (AvgIpc) is 3.18. The van der Waals surface area contributed by atoms with Crippen molar-refractivity contribution >= 4 is 11.6 Å². The molecule has 3 aromatic rings. The second-order valence-electron chi connectivity index (χ2n) is 10.5. The summed E-state index contributed by atoms with van der Waals surface area (Å²) in [5.74, 6) is 3.77. The predicted octanol–water partition coefficient (Wildman–Crippen LogP) is 5.96. The molecule has 4 aliphatic rings. The monoisotopic (exact) mass is 425 g/mol. The van der Waals surface area contributed by atoms with E-state index in [2.05, 4.69) is 39.1 Å². The second kappa shape index (κ2) is 7.61. The maximum atomic E-state index is 12.8. The molecule has 0 radical (unpaired) electrons. The molecule has 4 saturated carbocycles. The van der Waals surface area contributed by atoms with Gasteiger partial charge in [0.15, 0.2) is 0 Å². The fraction of sp³-hybridized carbons (Fsp3) is 0.429. The second-order valence-corrected chi connectivity index (χ2v) is 10.5. The van der Waals surface area contributed by atoms with E-state index in [0.717, 1.165) is 41.4 Å². The van der Waals surface area contributed by atoms with E-state index < -0.39 is 0 Å². The molecule has 1 amide bonds. The third kappa shape index (κ3) is 3.56. The number of imidazole rings is 1.